The quantitative estimate of drug-likeness (QED) is 0.478. The number of fused-ring (bicyclic) bond motifs is 1. The molecule has 160 valence electrons. The van der Waals surface area contributed by atoms with Gasteiger partial charge in [0.05, 0.1) is 12.2 Å². The fourth-order valence-corrected chi connectivity index (χ4v) is 5.68. The highest BCUT2D eigenvalue weighted by Gasteiger charge is 2.45. The molecule has 0 aromatic carbocycles. The van der Waals surface area contributed by atoms with Crippen molar-refractivity contribution in [1.29, 1.82) is 0 Å². The molecule has 0 bridgehead atoms. The largest absolute Gasteiger partial charge is 0.393 e. The fraction of sp³-hybridized carbons (Fsp3) is 0.692. The van der Waals surface area contributed by atoms with Gasteiger partial charge in [-0.25, -0.2) is 0 Å². The fourth-order valence-electron chi connectivity index (χ4n) is 5.68. The molecule has 0 heterocycles. The van der Waals surface area contributed by atoms with Crippen LogP contribution >= 0.6 is 0 Å². The first-order valence-corrected chi connectivity index (χ1v) is 11.3. The second-order valence-corrected chi connectivity index (χ2v) is 10.2. The maximum Gasteiger partial charge on any atom is 0.119 e. The van der Waals surface area contributed by atoms with E-state index >= 15 is 0 Å². The first-order chi connectivity index (χ1) is 13.6. The summed E-state index contributed by atoms with van der Waals surface area (Å²) in [6, 6.07) is 0. The predicted octanol–water partition coefficient (Wildman–Crippen LogP) is 4.68. The first-order valence-electron chi connectivity index (χ1n) is 11.3. The van der Waals surface area contributed by atoms with Crippen LogP contribution < -0.4 is 0 Å². The third-order valence-corrected chi connectivity index (χ3v) is 7.02. The van der Waals surface area contributed by atoms with Gasteiger partial charge >= 0.3 is 0 Å². The molecule has 3 heteroatoms. The molecule has 3 N–H and O–H groups in total. The van der Waals surface area contributed by atoms with E-state index in [-0.39, 0.29) is 5.41 Å². The molecule has 0 aliphatic heterocycles. The van der Waals surface area contributed by atoms with Gasteiger partial charge in [-0.05, 0) is 76.0 Å². The van der Waals surface area contributed by atoms with Crippen LogP contribution in [0.3, 0.4) is 0 Å². The Labute approximate surface area is 176 Å². The molecule has 0 radical (unpaired) electrons. The summed E-state index contributed by atoms with van der Waals surface area (Å²) in [5.74, 6) is 7.09. The van der Waals surface area contributed by atoms with E-state index in [4.69, 9.17) is 0 Å². The van der Waals surface area contributed by atoms with Crippen molar-refractivity contribution in [1.82, 2.24) is 0 Å². The van der Waals surface area contributed by atoms with Gasteiger partial charge in [-0.15, -0.1) is 0 Å². The lowest BCUT2D eigenvalue weighted by Gasteiger charge is -2.42. The Balaban J connectivity index is 1.72. The summed E-state index contributed by atoms with van der Waals surface area (Å²) in [7, 11) is 0. The number of aliphatic hydroxyl groups is 3. The predicted molar refractivity (Wildman–Crippen MR) is 118 cm³/mol. The summed E-state index contributed by atoms with van der Waals surface area (Å²) >= 11 is 0. The number of hydrogen-bond donors (Lipinski definition) is 3. The van der Waals surface area contributed by atoms with Crippen molar-refractivity contribution in [2.45, 2.75) is 96.9 Å². The Hall–Kier alpha value is -1.34. The standard InChI is InChI=1S/C26H38O3/c1-18(7-5-13-25(2,3)29)23-11-12-24-20(8-6-14-26(23,24)4)10-9-19-15-21(27)17-22(28)16-19/h9-11,18,21-22,24,27-29H,6-8,12,14-17H2,1-4H3/b20-10+/t18-,21-,22-,24?,26-/m1/s1. The first kappa shape index (κ1) is 22.3. The number of allylic oxidation sites excluding steroid dienone is 5. The number of rotatable bonds is 3. The molecule has 1 unspecified atom stereocenters. The second-order valence-electron chi connectivity index (χ2n) is 10.2. The molecule has 3 aliphatic carbocycles. The Morgan fingerprint density at radius 3 is 2.59 bits per heavy atom. The minimum absolute atomic E-state index is 0.198. The van der Waals surface area contributed by atoms with Crippen LogP contribution in [0.15, 0.2) is 34.9 Å². The maximum absolute atomic E-state index is 9.94. The van der Waals surface area contributed by atoms with Crippen LogP contribution in [0, 0.1) is 29.1 Å². The van der Waals surface area contributed by atoms with Crippen molar-refractivity contribution in [3.8, 4) is 11.8 Å². The van der Waals surface area contributed by atoms with Gasteiger partial charge in [0.2, 0.25) is 0 Å². The molecule has 5 atom stereocenters. The monoisotopic (exact) mass is 398 g/mol. The molecule has 2 saturated carbocycles. The lowest BCUT2D eigenvalue weighted by Crippen LogP contribution is -2.32. The molecular formula is C26H38O3. The van der Waals surface area contributed by atoms with Gasteiger partial charge in [-0.1, -0.05) is 60.6 Å². The molecule has 2 fully saturated rings. The van der Waals surface area contributed by atoms with Gasteiger partial charge < -0.3 is 15.3 Å². The highest BCUT2D eigenvalue weighted by atomic mass is 16.3. The van der Waals surface area contributed by atoms with E-state index in [1.807, 2.05) is 0 Å². The number of hydrogen-bond acceptors (Lipinski definition) is 3. The third-order valence-electron chi connectivity index (χ3n) is 7.02. The molecule has 3 aliphatic rings. The Morgan fingerprint density at radius 2 is 1.93 bits per heavy atom. The molecule has 29 heavy (non-hydrogen) atoms. The molecular weight excluding hydrogens is 360 g/mol. The van der Waals surface area contributed by atoms with Crippen LogP contribution in [0.2, 0.25) is 0 Å². The van der Waals surface area contributed by atoms with E-state index in [9.17, 15) is 15.3 Å². The smallest absolute Gasteiger partial charge is 0.119 e. The van der Waals surface area contributed by atoms with Gasteiger partial charge in [0, 0.05) is 6.42 Å². The van der Waals surface area contributed by atoms with E-state index in [0.29, 0.717) is 31.1 Å². The summed E-state index contributed by atoms with van der Waals surface area (Å²) in [5.41, 5.74) is 3.49. The number of aliphatic hydroxyl groups excluding tert-OH is 2. The third kappa shape index (κ3) is 5.43. The summed E-state index contributed by atoms with van der Waals surface area (Å²) in [5, 5.41) is 29.7. The molecule has 3 rings (SSSR count). The summed E-state index contributed by atoms with van der Waals surface area (Å²) in [6.45, 7) is 8.15. The zero-order valence-corrected chi connectivity index (χ0v) is 18.5. The van der Waals surface area contributed by atoms with Gasteiger partial charge in [-0.2, -0.15) is 0 Å². The lowest BCUT2D eigenvalue weighted by molar-refractivity contribution is 0.0609. The van der Waals surface area contributed by atoms with Crippen molar-refractivity contribution >= 4 is 0 Å². The maximum atomic E-state index is 9.94. The van der Waals surface area contributed by atoms with Crippen molar-refractivity contribution in [2.24, 2.45) is 17.3 Å². The van der Waals surface area contributed by atoms with Crippen LogP contribution in [0.5, 0.6) is 0 Å². The van der Waals surface area contributed by atoms with Crippen molar-refractivity contribution in [2.75, 3.05) is 0 Å². The van der Waals surface area contributed by atoms with E-state index < -0.39 is 17.8 Å². The zero-order valence-electron chi connectivity index (χ0n) is 18.5. The van der Waals surface area contributed by atoms with E-state index in [1.165, 1.54) is 24.0 Å². The molecule has 0 spiro atoms. The van der Waals surface area contributed by atoms with Crippen LogP contribution in [0.1, 0.15) is 79.1 Å². The zero-order chi connectivity index (χ0) is 21.2. The van der Waals surface area contributed by atoms with Gasteiger partial charge in [0.25, 0.3) is 0 Å². The second kappa shape index (κ2) is 8.80. The van der Waals surface area contributed by atoms with Crippen LogP contribution in [0.4, 0.5) is 0 Å². The molecule has 0 aromatic rings. The van der Waals surface area contributed by atoms with Gasteiger partial charge in [0.15, 0.2) is 0 Å². The molecule has 3 nitrogen and oxygen atoms in total. The van der Waals surface area contributed by atoms with Gasteiger partial charge in [0.1, 0.15) is 5.60 Å². The average molecular weight is 399 g/mol. The molecule has 0 amide bonds. The van der Waals surface area contributed by atoms with E-state index in [2.05, 4.69) is 43.9 Å². The topological polar surface area (TPSA) is 60.7 Å². The Kier molecular flexibility index (Phi) is 6.78. The minimum atomic E-state index is -0.926. The SMILES string of the molecule is C[C@H](CC#CC(C)(C)O)C1=CCC2/C(=C/C=C3C[C@@H](O)C[C@H](O)C3)CCC[C@]12C. The lowest BCUT2D eigenvalue weighted by atomic mass is 9.62. The van der Waals surface area contributed by atoms with Crippen LogP contribution in [-0.4, -0.2) is 33.1 Å². The van der Waals surface area contributed by atoms with Crippen molar-refractivity contribution < 1.29 is 15.3 Å². The highest BCUT2D eigenvalue weighted by molar-refractivity contribution is 5.35. The van der Waals surface area contributed by atoms with E-state index in [0.717, 1.165) is 24.8 Å². The molecule has 0 aromatic heterocycles. The Morgan fingerprint density at radius 1 is 1.24 bits per heavy atom. The highest BCUT2D eigenvalue weighted by Crippen LogP contribution is 2.56. The average Bonchev–Trinajstić information content (AvgIpc) is 2.95. The van der Waals surface area contributed by atoms with Crippen molar-refractivity contribution in [3.05, 3.63) is 34.9 Å². The normalized spacial score (nSPS) is 34.9. The van der Waals surface area contributed by atoms with Gasteiger partial charge in [-0.3, -0.25) is 0 Å². The summed E-state index contributed by atoms with van der Waals surface area (Å²) in [6.07, 6.45) is 13.4. The Bertz CT molecular complexity index is 743. The molecule has 0 saturated heterocycles. The summed E-state index contributed by atoms with van der Waals surface area (Å²) < 4.78 is 0. The van der Waals surface area contributed by atoms with Crippen LogP contribution in [0.25, 0.3) is 0 Å². The van der Waals surface area contributed by atoms with E-state index in [1.54, 1.807) is 13.8 Å². The van der Waals surface area contributed by atoms with Crippen molar-refractivity contribution in [3.63, 3.8) is 0 Å². The minimum Gasteiger partial charge on any atom is -0.393 e. The summed E-state index contributed by atoms with van der Waals surface area (Å²) in [4.78, 5) is 0. The van der Waals surface area contributed by atoms with Crippen LogP contribution in [-0.2, 0) is 0 Å².